The predicted molar refractivity (Wildman–Crippen MR) is 279 cm³/mol. The summed E-state index contributed by atoms with van der Waals surface area (Å²) in [6.07, 6.45) is 66.8. The van der Waals surface area contributed by atoms with Crippen molar-refractivity contribution in [1.29, 1.82) is 0 Å². The first kappa shape index (κ1) is 61.7. The Kier molecular flexibility index (Phi) is 44.2. The molecule has 0 aromatic heterocycles. The molecule has 0 bridgehead atoms. The minimum atomic E-state index is -0.890. The van der Waals surface area contributed by atoms with Crippen molar-refractivity contribution in [2.75, 3.05) is 41.0 Å². The fourth-order valence-electron chi connectivity index (χ4n) is 6.74. The molecule has 0 spiro atoms. The fraction of sp³-hybridized carbons (Fsp3) is 0.603. The van der Waals surface area contributed by atoms with Gasteiger partial charge in [0.05, 0.1) is 34.4 Å². The number of nitrogens with zero attached hydrogens (tertiary/aromatic N) is 1. The van der Waals surface area contributed by atoms with E-state index in [9.17, 15) is 19.5 Å². The fourth-order valence-corrected chi connectivity index (χ4v) is 6.74. The van der Waals surface area contributed by atoms with Crippen molar-refractivity contribution < 1.29 is 38.2 Å². The maximum absolute atomic E-state index is 12.8. The molecule has 66 heavy (non-hydrogen) atoms. The van der Waals surface area contributed by atoms with Gasteiger partial charge in [0.25, 0.3) is 0 Å². The Hall–Kier alpha value is -4.27. The maximum Gasteiger partial charge on any atom is 0.362 e. The second kappa shape index (κ2) is 47.2. The van der Waals surface area contributed by atoms with Crippen LogP contribution in [0.4, 0.5) is 0 Å². The van der Waals surface area contributed by atoms with Crippen molar-refractivity contribution in [2.24, 2.45) is 0 Å². The molecule has 0 heterocycles. The first-order chi connectivity index (χ1) is 32.1. The number of allylic oxidation sites excluding steroid dienone is 20. The van der Waals surface area contributed by atoms with Gasteiger partial charge >= 0.3 is 17.9 Å². The highest BCUT2D eigenvalue weighted by Crippen LogP contribution is 2.13. The van der Waals surface area contributed by atoms with Crippen molar-refractivity contribution in [2.45, 2.75) is 187 Å². The highest BCUT2D eigenvalue weighted by atomic mass is 16.6. The molecular formula is C58H94NO7+. The molecule has 0 amide bonds. The Morgan fingerprint density at radius 2 is 0.818 bits per heavy atom. The van der Waals surface area contributed by atoms with E-state index in [0.717, 1.165) is 96.3 Å². The number of hydrogen-bond donors (Lipinski definition) is 1. The summed E-state index contributed by atoms with van der Waals surface area (Å²) in [5.41, 5.74) is 0. The molecule has 0 aliphatic carbocycles. The van der Waals surface area contributed by atoms with E-state index < -0.39 is 18.1 Å². The summed E-state index contributed by atoms with van der Waals surface area (Å²) in [6.45, 7) is 4.43. The van der Waals surface area contributed by atoms with Gasteiger partial charge in [0.15, 0.2) is 12.1 Å². The Labute approximate surface area is 403 Å². The average molecular weight is 917 g/mol. The van der Waals surface area contributed by atoms with Crippen molar-refractivity contribution in [3.8, 4) is 0 Å². The van der Waals surface area contributed by atoms with Gasteiger partial charge in [-0.15, -0.1) is 0 Å². The largest absolute Gasteiger partial charge is 0.477 e. The highest BCUT2D eigenvalue weighted by molar-refractivity contribution is 5.72. The van der Waals surface area contributed by atoms with Gasteiger partial charge in [-0.3, -0.25) is 9.59 Å². The van der Waals surface area contributed by atoms with Gasteiger partial charge in [-0.1, -0.05) is 180 Å². The number of carbonyl (C=O) groups excluding carboxylic acids is 2. The summed E-state index contributed by atoms with van der Waals surface area (Å²) in [5, 5.41) is 9.66. The standard InChI is InChI=1S/C58H93NO7/c1-6-8-10-12-14-16-18-20-22-24-26-27-28-29-31-33-35-37-39-41-43-45-47-49-57(61)66-54(52-64-51-50-55(58(62)63)59(3,4)5)53-65-56(60)48-46-44-42-40-38-36-34-32-30-25-23-21-19-17-15-13-11-9-7-2/h8-11,14-17,20-23,26-27,29,31,35,37,41,43,54-55H,6-7,12-13,18-19,24-25,28,30,32-34,36,38-40,42,44-53H2,1-5H3/p+1/b10-8+,11-9+,16-14+,17-15+,22-20+,23-21+,27-26+,31-29+,37-35+,43-41+. The van der Waals surface area contributed by atoms with Gasteiger partial charge in [0.1, 0.15) is 6.61 Å². The molecule has 0 aromatic carbocycles. The van der Waals surface area contributed by atoms with Gasteiger partial charge in [-0.05, 0) is 96.3 Å². The number of carboxylic acid groups (broad SMARTS) is 1. The molecule has 8 heteroatoms. The Morgan fingerprint density at radius 3 is 1.23 bits per heavy atom. The van der Waals surface area contributed by atoms with E-state index in [4.69, 9.17) is 14.2 Å². The Morgan fingerprint density at radius 1 is 0.455 bits per heavy atom. The first-order valence-electron chi connectivity index (χ1n) is 25.6. The summed E-state index contributed by atoms with van der Waals surface area (Å²) in [6, 6.07) is -0.634. The second-order valence-corrected chi connectivity index (χ2v) is 17.7. The number of aliphatic carboxylic acids is 1. The zero-order chi connectivity index (χ0) is 48.4. The van der Waals surface area contributed by atoms with Crippen LogP contribution in [0.5, 0.6) is 0 Å². The van der Waals surface area contributed by atoms with Crippen LogP contribution < -0.4 is 0 Å². The van der Waals surface area contributed by atoms with Crippen LogP contribution in [0.15, 0.2) is 122 Å². The molecule has 0 aromatic rings. The lowest BCUT2D eigenvalue weighted by Crippen LogP contribution is -2.50. The quantitative estimate of drug-likeness (QED) is 0.0281. The summed E-state index contributed by atoms with van der Waals surface area (Å²) in [4.78, 5) is 37.2. The van der Waals surface area contributed by atoms with Crippen molar-refractivity contribution in [1.82, 2.24) is 0 Å². The maximum atomic E-state index is 12.8. The van der Waals surface area contributed by atoms with Crippen LogP contribution in [0.1, 0.15) is 174 Å². The Balaban J connectivity index is 4.40. The van der Waals surface area contributed by atoms with Gasteiger partial charge in [0.2, 0.25) is 0 Å². The molecular weight excluding hydrogens is 823 g/mol. The van der Waals surface area contributed by atoms with E-state index in [0.29, 0.717) is 19.3 Å². The third kappa shape index (κ3) is 44.9. The van der Waals surface area contributed by atoms with Gasteiger partial charge in [-0.25, -0.2) is 4.79 Å². The van der Waals surface area contributed by atoms with Gasteiger partial charge in [-0.2, -0.15) is 0 Å². The Bertz CT molecular complexity index is 1490. The summed E-state index contributed by atoms with van der Waals surface area (Å²) in [7, 11) is 5.50. The SMILES string of the molecule is CC/C=C/C/C=C/C/C=C/C/C=C/C/C=C/C/C=C/C/C=C/CCCC(=O)OC(COCCC(C(=O)O)[N+](C)(C)C)COC(=O)CCCCCCCCCCC/C=C/C/C=C/C/C=C/CC. The zero-order valence-corrected chi connectivity index (χ0v) is 42.3. The summed E-state index contributed by atoms with van der Waals surface area (Å²) in [5.74, 6) is -1.57. The van der Waals surface area contributed by atoms with E-state index in [-0.39, 0.29) is 42.7 Å². The van der Waals surface area contributed by atoms with Crippen LogP contribution in [0.3, 0.4) is 0 Å². The number of carbonyl (C=O) groups is 3. The molecule has 0 saturated heterocycles. The number of unbranched alkanes of at least 4 members (excludes halogenated alkanes) is 10. The molecule has 2 atom stereocenters. The molecule has 372 valence electrons. The van der Waals surface area contributed by atoms with E-state index in [1.165, 1.54) is 38.5 Å². The number of hydrogen-bond acceptors (Lipinski definition) is 6. The number of esters is 2. The predicted octanol–water partition coefficient (Wildman–Crippen LogP) is 15.0. The lowest BCUT2D eigenvalue weighted by atomic mass is 10.1. The lowest BCUT2D eigenvalue weighted by molar-refractivity contribution is -0.887. The topological polar surface area (TPSA) is 99.1 Å². The monoisotopic (exact) mass is 917 g/mol. The van der Waals surface area contributed by atoms with Crippen LogP contribution in [0, 0.1) is 0 Å². The number of ether oxygens (including phenoxy) is 3. The van der Waals surface area contributed by atoms with Crippen LogP contribution >= 0.6 is 0 Å². The average Bonchev–Trinajstić information content (AvgIpc) is 3.28. The van der Waals surface area contributed by atoms with E-state index in [1.54, 1.807) is 0 Å². The lowest BCUT2D eigenvalue weighted by Gasteiger charge is -2.31. The minimum Gasteiger partial charge on any atom is -0.477 e. The molecule has 0 fully saturated rings. The third-order valence-corrected chi connectivity index (χ3v) is 10.6. The van der Waals surface area contributed by atoms with Gasteiger partial charge in [0, 0.05) is 19.3 Å². The summed E-state index contributed by atoms with van der Waals surface area (Å²) < 4.78 is 17.3. The van der Waals surface area contributed by atoms with Crippen LogP contribution in [-0.2, 0) is 28.6 Å². The van der Waals surface area contributed by atoms with Crippen molar-refractivity contribution >= 4 is 17.9 Å². The van der Waals surface area contributed by atoms with Crippen LogP contribution in [-0.4, -0.2) is 80.6 Å². The molecule has 2 unspecified atom stereocenters. The summed E-state index contributed by atoms with van der Waals surface area (Å²) >= 11 is 0. The molecule has 8 nitrogen and oxygen atoms in total. The number of likely N-dealkylation sites (N-methyl/N-ethyl adjacent to an activating group) is 1. The molecule has 1 N–H and O–H groups in total. The minimum absolute atomic E-state index is 0.0279. The van der Waals surface area contributed by atoms with Crippen molar-refractivity contribution in [3.63, 3.8) is 0 Å². The molecule has 0 rings (SSSR count). The number of quaternary nitrogens is 1. The van der Waals surface area contributed by atoms with Crippen molar-refractivity contribution in [3.05, 3.63) is 122 Å². The smallest absolute Gasteiger partial charge is 0.362 e. The number of carboxylic acids is 1. The van der Waals surface area contributed by atoms with E-state index in [1.807, 2.05) is 21.1 Å². The van der Waals surface area contributed by atoms with E-state index >= 15 is 0 Å². The molecule has 0 radical (unpaired) electrons. The third-order valence-electron chi connectivity index (χ3n) is 10.6. The molecule has 0 aliphatic rings. The van der Waals surface area contributed by atoms with Crippen LogP contribution in [0.2, 0.25) is 0 Å². The second-order valence-electron chi connectivity index (χ2n) is 17.7. The molecule has 0 aliphatic heterocycles. The normalized spacial score (nSPS) is 13.9. The highest BCUT2D eigenvalue weighted by Gasteiger charge is 2.31. The number of rotatable bonds is 44. The molecule has 0 saturated carbocycles. The van der Waals surface area contributed by atoms with Crippen LogP contribution in [0.25, 0.3) is 0 Å². The van der Waals surface area contributed by atoms with E-state index in [2.05, 4.69) is 135 Å². The zero-order valence-electron chi connectivity index (χ0n) is 42.3. The van der Waals surface area contributed by atoms with Gasteiger partial charge < -0.3 is 23.8 Å². The first-order valence-corrected chi connectivity index (χ1v) is 25.6.